The summed E-state index contributed by atoms with van der Waals surface area (Å²) in [5, 5.41) is 6.42. The second kappa shape index (κ2) is 9.65. The number of rotatable bonds is 6. The number of piperidine rings is 1. The Bertz CT molecular complexity index is 1020. The van der Waals surface area contributed by atoms with Crippen LogP contribution in [0.5, 0.6) is 11.5 Å². The summed E-state index contributed by atoms with van der Waals surface area (Å²) in [5.74, 6) is 1.81. The van der Waals surface area contributed by atoms with E-state index in [0.29, 0.717) is 18.1 Å². The molecule has 3 atom stereocenters. The van der Waals surface area contributed by atoms with Crippen molar-refractivity contribution in [2.24, 2.45) is 10.7 Å². The van der Waals surface area contributed by atoms with Gasteiger partial charge in [-0.2, -0.15) is 0 Å². The summed E-state index contributed by atoms with van der Waals surface area (Å²) in [7, 11) is 0. The number of ether oxygens (including phenoxy) is 1. The molecule has 0 radical (unpaired) electrons. The van der Waals surface area contributed by atoms with Crippen LogP contribution >= 0.6 is 0 Å². The Kier molecular flexibility index (Phi) is 6.51. The van der Waals surface area contributed by atoms with E-state index in [4.69, 9.17) is 10.5 Å². The normalized spacial score (nSPS) is 22.8. The minimum atomic E-state index is -1.12. The van der Waals surface area contributed by atoms with Gasteiger partial charge in [0.15, 0.2) is 0 Å². The molecule has 8 heteroatoms. The van der Waals surface area contributed by atoms with Crippen LogP contribution < -0.4 is 21.1 Å². The lowest BCUT2D eigenvalue weighted by molar-refractivity contribution is -0.128. The van der Waals surface area contributed by atoms with Gasteiger partial charge < -0.3 is 26.0 Å². The maximum absolute atomic E-state index is 14.3. The van der Waals surface area contributed by atoms with Crippen molar-refractivity contribution >= 4 is 17.8 Å². The topological polar surface area (TPSA) is 92.0 Å². The summed E-state index contributed by atoms with van der Waals surface area (Å²) in [6.45, 7) is 3.95. The van der Waals surface area contributed by atoms with Gasteiger partial charge in [-0.3, -0.25) is 9.79 Å². The standard InChI is InChI=1S/C24H26FN5O2/c1-2-21(31)30-13-17(25)12-18(14-30)29-24-22(23(26)27-15-28-24)16-8-10-20(11-9-16)32-19-6-4-3-5-7-19/h2-11,15,17-18,23,29H,1,12-14,26H2,(H,27,28)/t17-,18-,23?/m0/s1. The van der Waals surface area contributed by atoms with Gasteiger partial charge in [-0.05, 0) is 35.9 Å². The lowest BCUT2D eigenvalue weighted by Gasteiger charge is -2.36. The number of amides is 1. The smallest absolute Gasteiger partial charge is 0.246 e. The van der Waals surface area contributed by atoms with Gasteiger partial charge in [-0.1, -0.05) is 36.9 Å². The second-order valence-electron chi connectivity index (χ2n) is 7.72. The van der Waals surface area contributed by atoms with Gasteiger partial charge in [-0.15, -0.1) is 0 Å². The summed E-state index contributed by atoms with van der Waals surface area (Å²) >= 11 is 0. The number of aliphatic imine (C=N–C) groups is 1. The third kappa shape index (κ3) is 4.97. The van der Waals surface area contributed by atoms with E-state index in [1.165, 1.54) is 17.3 Å². The van der Waals surface area contributed by atoms with Crippen molar-refractivity contribution in [2.75, 3.05) is 13.1 Å². The van der Waals surface area contributed by atoms with Gasteiger partial charge >= 0.3 is 0 Å². The van der Waals surface area contributed by atoms with E-state index in [2.05, 4.69) is 22.2 Å². The number of para-hydroxylation sites is 1. The van der Waals surface area contributed by atoms with Crippen molar-refractivity contribution in [3.8, 4) is 11.5 Å². The SMILES string of the molecule is C=CC(=O)N1C[C@@H](F)C[C@H](NC2=C(c3ccc(Oc4ccccc4)cc3)C(N)N=CN2)C1. The first-order chi connectivity index (χ1) is 15.5. The summed E-state index contributed by atoms with van der Waals surface area (Å²) in [6, 6.07) is 16.8. The molecule has 2 heterocycles. The van der Waals surface area contributed by atoms with Crippen molar-refractivity contribution in [3.05, 3.63) is 78.6 Å². The highest BCUT2D eigenvalue weighted by molar-refractivity contribution is 5.87. The van der Waals surface area contributed by atoms with Gasteiger partial charge in [0.1, 0.15) is 29.7 Å². The van der Waals surface area contributed by atoms with E-state index in [9.17, 15) is 9.18 Å². The number of nitrogens with zero attached hydrogens (tertiary/aromatic N) is 2. The highest BCUT2D eigenvalue weighted by atomic mass is 19.1. The van der Waals surface area contributed by atoms with E-state index < -0.39 is 12.3 Å². The lowest BCUT2D eigenvalue weighted by Crippen LogP contribution is -2.53. The number of benzene rings is 2. The molecule has 4 N–H and O–H groups in total. The summed E-state index contributed by atoms with van der Waals surface area (Å²) in [6.07, 6.45) is 1.31. The first-order valence-electron chi connectivity index (χ1n) is 10.5. The second-order valence-corrected chi connectivity index (χ2v) is 7.72. The van der Waals surface area contributed by atoms with Crippen molar-refractivity contribution < 1.29 is 13.9 Å². The van der Waals surface area contributed by atoms with Crippen LogP contribution in [0.15, 0.2) is 78.1 Å². The minimum absolute atomic E-state index is 0.0756. The fraction of sp³-hybridized carbons (Fsp3) is 0.250. The molecule has 2 aromatic rings. The van der Waals surface area contributed by atoms with Gasteiger partial charge in [0, 0.05) is 24.6 Å². The first-order valence-corrected chi connectivity index (χ1v) is 10.5. The van der Waals surface area contributed by atoms with Gasteiger partial charge in [0.25, 0.3) is 0 Å². The molecule has 1 fully saturated rings. The van der Waals surface area contributed by atoms with Crippen LogP contribution in [0.4, 0.5) is 4.39 Å². The Morgan fingerprint density at radius 2 is 1.91 bits per heavy atom. The molecular formula is C24H26FN5O2. The van der Waals surface area contributed by atoms with Crippen LogP contribution in [0.3, 0.4) is 0 Å². The average molecular weight is 436 g/mol. The molecule has 1 saturated heterocycles. The van der Waals surface area contributed by atoms with E-state index in [1.54, 1.807) is 0 Å². The molecule has 7 nitrogen and oxygen atoms in total. The van der Waals surface area contributed by atoms with Crippen molar-refractivity contribution in [3.63, 3.8) is 0 Å². The average Bonchev–Trinajstić information content (AvgIpc) is 2.80. The highest BCUT2D eigenvalue weighted by Crippen LogP contribution is 2.27. The maximum atomic E-state index is 14.3. The third-order valence-electron chi connectivity index (χ3n) is 5.39. The molecule has 166 valence electrons. The van der Waals surface area contributed by atoms with Gasteiger partial charge in [0.05, 0.1) is 12.9 Å². The van der Waals surface area contributed by atoms with E-state index in [1.807, 2.05) is 54.6 Å². The molecule has 2 aliphatic heterocycles. The number of alkyl halides is 1. The Morgan fingerprint density at radius 1 is 1.19 bits per heavy atom. The van der Waals surface area contributed by atoms with Crippen LogP contribution in [-0.4, -0.2) is 48.6 Å². The van der Waals surface area contributed by atoms with E-state index >= 15 is 0 Å². The summed E-state index contributed by atoms with van der Waals surface area (Å²) in [5.41, 5.74) is 7.88. The number of likely N-dealkylation sites (tertiary alicyclic amines) is 1. The molecule has 0 aliphatic carbocycles. The largest absolute Gasteiger partial charge is 0.457 e. The van der Waals surface area contributed by atoms with Crippen LogP contribution in [0.1, 0.15) is 12.0 Å². The molecule has 1 unspecified atom stereocenters. The van der Waals surface area contributed by atoms with Gasteiger partial charge in [-0.25, -0.2) is 4.39 Å². The Morgan fingerprint density at radius 3 is 2.62 bits per heavy atom. The maximum Gasteiger partial charge on any atom is 0.246 e. The molecular weight excluding hydrogens is 409 g/mol. The fourth-order valence-electron chi connectivity index (χ4n) is 3.90. The summed E-state index contributed by atoms with van der Waals surface area (Å²) < 4.78 is 20.1. The van der Waals surface area contributed by atoms with E-state index in [-0.39, 0.29) is 24.9 Å². The zero-order chi connectivity index (χ0) is 22.5. The number of carbonyl (C=O) groups excluding carboxylic acids is 1. The molecule has 0 bridgehead atoms. The molecule has 2 aromatic carbocycles. The number of hydrogen-bond donors (Lipinski definition) is 3. The highest BCUT2D eigenvalue weighted by Gasteiger charge is 2.30. The monoisotopic (exact) mass is 435 g/mol. The van der Waals surface area contributed by atoms with Crippen molar-refractivity contribution in [2.45, 2.75) is 24.8 Å². The number of carbonyl (C=O) groups is 1. The van der Waals surface area contributed by atoms with Crippen molar-refractivity contribution in [1.82, 2.24) is 15.5 Å². The van der Waals surface area contributed by atoms with Crippen LogP contribution in [0, 0.1) is 0 Å². The van der Waals surface area contributed by atoms with Crippen LogP contribution in [0.2, 0.25) is 0 Å². The molecule has 0 aromatic heterocycles. The Labute approximate surface area is 186 Å². The number of nitrogens with two attached hydrogens (primary N) is 1. The molecule has 2 aliphatic rings. The quantitative estimate of drug-likeness (QED) is 0.607. The Hall–Kier alpha value is -3.65. The first kappa shape index (κ1) is 21.6. The number of hydrogen-bond acceptors (Lipinski definition) is 6. The molecule has 0 saturated carbocycles. The number of halogens is 1. The Balaban J connectivity index is 1.54. The predicted molar refractivity (Wildman–Crippen MR) is 123 cm³/mol. The number of nitrogens with one attached hydrogen (secondary N) is 2. The van der Waals surface area contributed by atoms with E-state index in [0.717, 1.165) is 16.9 Å². The van der Waals surface area contributed by atoms with Crippen molar-refractivity contribution in [1.29, 1.82) is 0 Å². The molecule has 4 rings (SSSR count). The van der Waals surface area contributed by atoms with Crippen LogP contribution in [-0.2, 0) is 4.79 Å². The summed E-state index contributed by atoms with van der Waals surface area (Å²) in [4.78, 5) is 17.7. The van der Waals surface area contributed by atoms with Crippen LogP contribution in [0.25, 0.3) is 5.57 Å². The molecule has 0 spiro atoms. The lowest BCUT2D eigenvalue weighted by atomic mass is 10.00. The zero-order valence-corrected chi connectivity index (χ0v) is 17.6. The predicted octanol–water partition coefficient (Wildman–Crippen LogP) is 2.78. The molecule has 1 amide bonds. The fourth-order valence-corrected chi connectivity index (χ4v) is 3.90. The zero-order valence-electron chi connectivity index (χ0n) is 17.6. The van der Waals surface area contributed by atoms with Gasteiger partial charge in [0.2, 0.25) is 5.91 Å². The minimum Gasteiger partial charge on any atom is -0.457 e. The molecule has 32 heavy (non-hydrogen) atoms. The third-order valence-corrected chi connectivity index (χ3v) is 5.39.